The number of carbonyl (C=O) groups is 1. The van der Waals surface area contributed by atoms with Gasteiger partial charge in [-0.1, -0.05) is 22.0 Å². The first kappa shape index (κ1) is 19.8. The number of nitrogens with zero attached hydrogens (tertiary/aromatic N) is 2. The minimum absolute atomic E-state index is 0.112. The summed E-state index contributed by atoms with van der Waals surface area (Å²) in [5.74, 6) is -1.10. The molecule has 2 heterocycles. The zero-order valence-electron chi connectivity index (χ0n) is 16.0. The molecule has 6 nitrogen and oxygen atoms in total. The molecule has 0 unspecified atom stereocenters. The Hall–Kier alpha value is -1.96. The highest BCUT2D eigenvalue weighted by Gasteiger charge is 2.33. The van der Waals surface area contributed by atoms with Crippen LogP contribution in [0.3, 0.4) is 0 Å². The summed E-state index contributed by atoms with van der Waals surface area (Å²) in [5, 5.41) is 4.10. The zero-order chi connectivity index (χ0) is 19.6. The number of hydrogen-bond donors (Lipinski definition) is 1. The Bertz CT molecular complexity index is 883. The minimum Gasteiger partial charge on any atom is -0.347 e. The van der Waals surface area contributed by atoms with Gasteiger partial charge in [0.05, 0.1) is 25.8 Å². The molecule has 0 aliphatic carbocycles. The molecule has 7 heteroatoms. The molecule has 1 aromatic carbocycles. The first-order valence-corrected chi connectivity index (χ1v) is 9.64. The summed E-state index contributed by atoms with van der Waals surface area (Å²) in [6.45, 7) is 8.92. The van der Waals surface area contributed by atoms with Crippen molar-refractivity contribution in [2.75, 3.05) is 13.2 Å². The summed E-state index contributed by atoms with van der Waals surface area (Å²) in [6, 6.07) is 8.31. The van der Waals surface area contributed by atoms with Crippen molar-refractivity contribution in [1.82, 2.24) is 9.99 Å². The predicted octanol–water partition coefficient (Wildman–Crippen LogP) is 3.77. The van der Waals surface area contributed by atoms with E-state index in [1.807, 2.05) is 19.9 Å². The van der Waals surface area contributed by atoms with Gasteiger partial charge >= 0.3 is 0 Å². The van der Waals surface area contributed by atoms with E-state index >= 15 is 0 Å². The van der Waals surface area contributed by atoms with Crippen LogP contribution in [0.5, 0.6) is 0 Å². The van der Waals surface area contributed by atoms with E-state index in [1.165, 1.54) is 5.56 Å². The van der Waals surface area contributed by atoms with Crippen LogP contribution in [0.25, 0.3) is 5.69 Å². The number of halogens is 1. The number of hydrazone groups is 1. The average molecular weight is 434 g/mol. The van der Waals surface area contributed by atoms with Gasteiger partial charge in [0, 0.05) is 27.1 Å². The topological polar surface area (TPSA) is 64.9 Å². The molecule has 0 bridgehead atoms. The molecule has 1 aliphatic rings. The summed E-state index contributed by atoms with van der Waals surface area (Å²) in [6.07, 6.45) is 1.78. The van der Waals surface area contributed by atoms with Gasteiger partial charge in [0.2, 0.25) is 5.91 Å². The molecule has 0 radical (unpaired) electrons. The van der Waals surface area contributed by atoms with Crippen molar-refractivity contribution in [3.05, 3.63) is 51.3 Å². The van der Waals surface area contributed by atoms with Gasteiger partial charge in [-0.3, -0.25) is 4.79 Å². The number of aryl methyl sites for hydroxylation is 2. The van der Waals surface area contributed by atoms with E-state index in [0.29, 0.717) is 13.2 Å². The van der Waals surface area contributed by atoms with Crippen LogP contribution in [0, 0.1) is 20.8 Å². The largest absolute Gasteiger partial charge is 0.347 e. The highest BCUT2D eigenvalue weighted by Crippen LogP contribution is 2.25. The number of ether oxygens (including phenoxy) is 2. The van der Waals surface area contributed by atoms with E-state index in [0.717, 1.165) is 27.1 Å². The third-order valence-corrected chi connectivity index (χ3v) is 5.51. The van der Waals surface area contributed by atoms with Crippen molar-refractivity contribution >= 4 is 28.1 Å². The van der Waals surface area contributed by atoms with Gasteiger partial charge in [-0.25, -0.2) is 5.43 Å². The van der Waals surface area contributed by atoms with Crippen LogP contribution >= 0.6 is 15.9 Å². The SMILES string of the molecule is Cc1ccc(-n2c(C)cc(/C=N/NC(=O)CC3(C)OCCO3)c2C)cc1Br. The van der Waals surface area contributed by atoms with Crippen LogP contribution in [0.4, 0.5) is 0 Å². The maximum Gasteiger partial charge on any atom is 0.245 e. The molecule has 1 N–H and O–H groups in total. The van der Waals surface area contributed by atoms with Crippen molar-refractivity contribution in [2.45, 2.75) is 39.9 Å². The fraction of sp³-hybridized carbons (Fsp3) is 0.400. The van der Waals surface area contributed by atoms with Gasteiger partial charge in [-0.15, -0.1) is 0 Å². The standard InChI is InChI=1S/C20H24BrN3O3/c1-13-5-6-17(10-18(13)21)24-14(2)9-16(15(24)3)12-22-23-19(25)11-20(4)26-7-8-27-20/h5-6,9-10,12H,7-8,11H2,1-4H3,(H,23,25)/b22-12+. The van der Waals surface area contributed by atoms with Crippen molar-refractivity contribution in [3.8, 4) is 5.69 Å². The molecule has 27 heavy (non-hydrogen) atoms. The first-order valence-electron chi connectivity index (χ1n) is 8.84. The Balaban J connectivity index is 1.71. The second-order valence-corrected chi connectivity index (χ2v) is 7.75. The van der Waals surface area contributed by atoms with Gasteiger partial charge in [-0.2, -0.15) is 5.10 Å². The zero-order valence-corrected chi connectivity index (χ0v) is 17.6. The first-order chi connectivity index (χ1) is 12.8. The maximum atomic E-state index is 12.0. The second kappa shape index (κ2) is 7.96. The Kier molecular flexibility index (Phi) is 5.83. The lowest BCUT2D eigenvalue weighted by molar-refractivity contribution is -0.159. The molecule has 1 fully saturated rings. The lowest BCUT2D eigenvalue weighted by Crippen LogP contribution is -2.33. The summed E-state index contributed by atoms with van der Waals surface area (Å²) >= 11 is 3.59. The van der Waals surface area contributed by atoms with Crippen LogP contribution in [0.15, 0.2) is 33.8 Å². The van der Waals surface area contributed by atoms with Crippen molar-refractivity contribution in [2.24, 2.45) is 5.10 Å². The van der Waals surface area contributed by atoms with Crippen LogP contribution in [-0.2, 0) is 14.3 Å². The Morgan fingerprint density at radius 3 is 2.67 bits per heavy atom. The van der Waals surface area contributed by atoms with Gasteiger partial charge in [0.1, 0.15) is 0 Å². The molecule has 3 rings (SSSR count). The number of benzene rings is 1. The Morgan fingerprint density at radius 2 is 2.00 bits per heavy atom. The van der Waals surface area contributed by atoms with Crippen LogP contribution in [0.1, 0.15) is 35.9 Å². The minimum atomic E-state index is -0.853. The van der Waals surface area contributed by atoms with E-state index in [4.69, 9.17) is 9.47 Å². The van der Waals surface area contributed by atoms with E-state index in [9.17, 15) is 4.79 Å². The number of aromatic nitrogens is 1. The van der Waals surface area contributed by atoms with Crippen LogP contribution in [0.2, 0.25) is 0 Å². The monoisotopic (exact) mass is 433 g/mol. The lowest BCUT2D eigenvalue weighted by Gasteiger charge is -2.20. The normalized spacial score (nSPS) is 16.2. The van der Waals surface area contributed by atoms with E-state index in [2.05, 4.69) is 56.1 Å². The summed E-state index contributed by atoms with van der Waals surface area (Å²) in [7, 11) is 0. The molecule has 0 spiro atoms. The fourth-order valence-electron chi connectivity index (χ4n) is 3.20. The summed E-state index contributed by atoms with van der Waals surface area (Å²) in [4.78, 5) is 12.0. The third-order valence-electron chi connectivity index (χ3n) is 4.66. The molecule has 144 valence electrons. The predicted molar refractivity (Wildman–Crippen MR) is 108 cm³/mol. The van der Waals surface area contributed by atoms with Crippen molar-refractivity contribution in [1.29, 1.82) is 0 Å². The van der Waals surface area contributed by atoms with E-state index < -0.39 is 5.79 Å². The summed E-state index contributed by atoms with van der Waals surface area (Å²) in [5.41, 5.74) is 7.91. The van der Waals surface area contributed by atoms with E-state index in [1.54, 1.807) is 13.1 Å². The Labute approximate surface area is 167 Å². The molecule has 1 amide bonds. The summed E-state index contributed by atoms with van der Waals surface area (Å²) < 4.78 is 14.1. The number of hydrogen-bond acceptors (Lipinski definition) is 4. The molecule has 2 aromatic rings. The Morgan fingerprint density at radius 1 is 1.30 bits per heavy atom. The van der Waals surface area contributed by atoms with Crippen molar-refractivity contribution in [3.63, 3.8) is 0 Å². The van der Waals surface area contributed by atoms with Crippen LogP contribution < -0.4 is 5.43 Å². The number of nitrogens with one attached hydrogen (secondary N) is 1. The molecule has 1 aliphatic heterocycles. The number of carbonyl (C=O) groups excluding carboxylic acids is 1. The van der Waals surface area contributed by atoms with Gasteiger partial charge < -0.3 is 14.0 Å². The molecule has 0 saturated carbocycles. The highest BCUT2D eigenvalue weighted by molar-refractivity contribution is 9.10. The molecule has 0 atom stereocenters. The number of rotatable bonds is 5. The van der Waals surface area contributed by atoms with Gasteiger partial charge in [0.25, 0.3) is 0 Å². The van der Waals surface area contributed by atoms with Crippen molar-refractivity contribution < 1.29 is 14.3 Å². The molecule has 1 saturated heterocycles. The van der Waals surface area contributed by atoms with Crippen LogP contribution in [-0.4, -0.2) is 35.7 Å². The van der Waals surface area contributed by atoms with Gasteiger partial charge in [0.15, 0.2) is 5.79 Å². The molecular weight excluding hydrogens is 410 g/mol. The molecule has 1 aromatic heterocycles. The molecular formula is C20H24BrN3O3. The highest BCUT2D eigenvalue weighted by atomic mass is 79.9. The number of amides is 1. The van der Waals surface area contributed by atoms with Gasteiger partial charge in [-0.05, 0) is 51.5 Å². The van der Waals surface area contributed by atoms with E-state index in [-0.39, 0.29) is 12.3 Å². The smallest absolute Gasteiger partial charge is 0.245 e. The maximum absolute atomic E-state index is 12.0. The second-order valence-electron chi connectivity index (χ2n) is 6.90. The lowest BCUT2D eigenvalue weighted by atomic mass is 10.2. The average Bonchev–Trinajstić information content (AvgIpc) is 3.14. The fourth-order valence-corrected chi connectivity index (χ4v) is 3.57. The quantitative estimate of drug-likeness (QED) is 0.576. The third kappa shape index (κ3) is 4.48.